The zero-order valence-electron chi connectivity index (χ0n) is 10.7. The van der Waals surface area contributed by atoms with Crippen LogP contribution in [0.4, 0.5) is 5.69 Å². The Balaban J connectivity index is 3.38. The van der Waals surface area contributed by atoms with Crippen LogP contribution < -0.4 is 4.31 Å². The van der Waals surface area contributed by atoms with Gasteiger partial charge in [0.25, 0.3) is 0 Å². The number of carboxylic acids is 1. The van der Waals surface area contributed by atoms with Crippen molar-refractivity contribution in [2.45, 2.75) is 25.8 Å². The molecular formula is C12H16ClNO4S. The van der Waals surface area contributed by atoms with Crippen molar-refractivity contribution in [2.75, 3.05) is 10.6 Å². The first-order valence-electron chi connectivity index (χ1n) is 5.75. The number of para-hydroxylation sites is 1. The van der Waals surface area contributed by atoms with Crippen molar-refractivity contribution in [3.63, 3.8) is 0 Å². The largest absolute Gasteiger partial charge is 0.480 e. The lowest BCUT2D eigenvalue weighted by atomic mass is 10.1. The standard InChI is InChI=1S/C12H16ClNO4S/c1-3-6-11(12(15)16)14(19(2,17)18)10-8-5-4-7-9(10)13/h4-5,7-8,11H,3,6H2,1-2H3,(H,15,16). The van der Waals surface area contributed by atoms with Gasteiger partial charge in [-0.25, -0.2) is 13.2 Å². The maximum Gasteiger partial charge on any atom is 0.327 e. The summed E-state index contributed by atoms with van der Waals surface area (Å²) in [4.78, 5) is 11.3. The Morgan fingerprint density at radius 3 is 2.42 bits per heavy atom. The summed E-state index contributed by atoms with van der Waals surface area (Å²) in [5, 5.41) is 9.45. The quantitative estimate of drug-likeness (QED) is 0.875. The predicted octanol–water partition coefficient (Wildman–Crippen LogP) is 2.36. The molecule has 0 aromatic heterocycles. The molecule has 0 aliphatic rings. The minimum atomic E-state index is -3.74. The normalized spacial score (nSPS) is 13.0. The number of aliphatic carboxylic acids is 1. The molecule has 0 bridgehead atoms. The van der Waals surface area contributed by atoms with Gasteiger partial charge in [0.15, 0.2) is 0 Å². The fraction of sp³-hybridized carbons (Fsp3) is 0.417. The third kappa shape index (κ3) is 3.84. The summed E-state index contributed by atoms with van der Waals surface area (Å²) in [7, 11) is -3.74. The molecule has 7 heteroatoms. The number of carbonyl (C=O) groups is 1. The molecule has 1 atom stereocenters. The van der Waals surface area contributed by atoms with E-state index in [1.165, 1.54) is 12.1 Å². The SMILES string of the molecule is CCCC(C(=O)O)N(c1ccccc1Cl)S(C)(=O)=O. The van der Waals surface area contributed by atoms with Crippen molar-refractivity contribution in [1.29, 1.82) is 0 Å². The van der Waals surface area contributed by atoms with Crippen LogP contribution in [-0.2, 0) is 14.8 Å². The fourth-order valence-corrected chi connectivity index (χ4v) is 3.27. The van der Waals surface area contributed by atoms with E-state index in [9.17, 15) is 18.3 Å². The summed E-state index contributed by atoms with van der Waals surface area (Å²) in [6.07, 6.45) is 1.74. The highest BCUT2D eigenvalue weighted by Crippen LogP contribution is 2.30. The Kier molecular flexibility index (Phi) is 5.20. The van der Waals surface area contributed by atoms with Gasteiger partial charge >= 0.3 is 5.97 Å². The second-order valence-electron chi connectivity index (χ2n) is 4.15. The summed E-state index contributed by atoms with van der Waals surface area (Å²) in [6, 6.07) is 5.14. The Bertz CT molecular complexity index is 559. The lowest BCUT2D eigenvalue weighted by Crippen LogP contribution is -2.45. The van der Waals surface area contributed by atoms with Crippen LogP contribution in [-0.4, -0.2) is 31.8 Å². The monoisotopic (exact) mass is 305 g/mol. The van der Waals surface area contributed by atoms with E-state index in [1.54, 1.807) is 19.1 Å². The van der Waals surface area contributed by atoms with Crippen molar-refractivity contribution in [3.05, 3.63) is 29.3 Å². The molecule has 1 aromatic rings. The van der Waals surface area contributed by atoms with Gasteiger partial charge in [-0.2, -0.15) is 0 Å². The second kappa shape index (κ2) is 6.25. The Labute approximate surface area is 117 Å². The lowest BCUT2D eigenvalue weighted by molar-refractivity contribution is -0.138. The average Bonchev–Trinajstić information content (AvgIpc) is 2.29. The molecule has 1 unspecified atom stereocenters. The van der Waals surface area contributed by atoms with Crippen LogP contribution in [0.25, 0.3) is 0 Å². The average molecular weight is 306 g/mol. The van der Waals surface area contributed by atoms with E-state index in [0.717, 1.165) is 10.6 Å². The second-order valence-corrected chi connectivity index (χ2v) is 6.42. The highest BCUT2D eigenvalue weighted by molar-refractivity contribution is 7.92. The van der Waals surface area contributed by atoms with E-state index in [1.807, 2.05) is 0 Å². The van der Waals surface area contributed by atoms with Gasteiger partial charge in [0.05, 0.1) is 17.0 Å². The van der Waals surface area contributed by atoms with Crippen LogP contribution in [0.2, 0.25) is 5.02 Å². The van der Waals surface area contributed by atoms with Crippen molar-refractivity contribution in [1.82, 2.24) is 0 Å². The summed E-state index contributed by atoms with van der Waals surface area (Å²) in [5.74, 6) is -1.19. The summed E-state index contributed by atoms with van der Waals surface area (Å²) in [5.41, 5.74) is 0.188. The molecule has 0 saturated heterocycles. The molecule has 0 heterocycles. The molecule has 0 aliphatic carbocycles. The zero-order valence-corrected chi connectivity index (χ0v) is 12.3. The fourth-order valence-electron chi connectivity index (χ4n) is 1.82. The van der Waals surface area contributed by atoms with Crippen molar-refractivity contribution >= 4 is 33.3 Å². The molecule has 1 N–H and O–H groups in total. The van der Waals surface area contributed by atoms with E-state index < -0.39 is 22.0 Å². The van der Waals surface area contributed by atoms with Crippen LogP contribution in [0, 0.1) is 0 Å². The van der Waals surface area contributed by atoms with E-state index in [0.29, 0.717) is 6.42 Å². The summed E-state index contributed by atoms with van der Waals surface area (Å²) in [6.45, 7) is 1.79. The molecule has 0 saturated carbocycles. The first-order chi connectivity index (χ1) is 8.79. The first-order valence-corrected chi connectivity index (χ1v) is 7.98. The smallest absolute Gasteiger partial charge is 0.327 e. The van der Waals surface area contributed by atoms with Gasteiger partial charge in [0, 0.05) is 0 Å². The van der Waals surface area contributed by atoms with Crippen LogP contribution >= 0.6 is 11.6 Å². The summed E-state index contributed by atoms with van der Waals surface area (Å²) >= 11 is 5.97. The lowest BCUT2D eigenvalue weighted by Gasteiger charge is -2.29. The molecule has 0 aliphatic heterocycles. The van der Waals surface area contributed by atoms with E-state index >= 15 is 0 Å². The molecule has 106 valence electrons. The molecule has 0 spiro atoms. The molecule has 5 nitrogen and oxygen atoms in total. The van der Waals surface area contributed by atoms with Crippen LogP contribution in [0.1, 0.15) is 19.8 Å². The highest BCUT2D eigenvalue weighted by Gasteiger charge is 2.32. The number of carboxylic acid groups (broad SMARTS) is 1. The highest BCUT2D eigenvalue weighted by atomic mass is 35.5. The minimum Gasteiger partial charge on any atom is -0.480 e. The number of anilines is 1. The van der Waals surface area contributed by atoms with E-state index in [-0.39, 0.29) is 17.1 Å². The molecule has 1 aromatic carbocycles. The number of hydrogen-bond acceptors (Lipinski definition) is 3. The number of rotatable bonds is 6. The van der Waals surface area contributed by atoms with Gasteiger partial charge in [-0.05, 0) is 18.6 Å². The predicted molar refractivity (Wildman–Crippen MR) is 75.1 cm³/mol. The van der Waals surface area contributed by atoms with Crippen molar-refractivity contribution in [3.8, 4) is 0 Å². The van der Waals surface area contributed by atoms with Crippen molar-refractivity contribution in [2.24, 2.45) is 0 Å². The summed E-state index contributed by atoms with van der Waals surface area (Å²) < 4.78 is 24.7. The van der Waals surface area contributed by atoms with Crippen LogP contribution in [0.15, 0.2) is 24.3 Å². The first kappa shape index (κ1) is 15.8. The van der Waals surface area contributed by atoms with E-state index in [4.69, 9.17) is 11.6 Å². The molecule has 0 fully saturated rings. The minimum absolute atomic E-state index is 0.188. The number of sulfonamides is 1. The van der Waals surface area contributed by atoms with Gasteiger partial charge in [0.1, 0.15) is 6.04 Å². The Morgan fingerprint density at radius 2 is 2.00 bits per heavy atom. The maximum atomic E-state index is 11.9. The third-order valence-corrected chi connectivity index (χ3v) is 4.06. The molecule has 19 heavy (non-hydrogen) atoms. The Morgan fingerprint density at radius 1 is 1.42 bits per heavy atom. The van der Waals surface area contributed by atoms with Gasteiger partial charge in [-0.1, -0.05) is 37.1 Å². The number of hydrogen-bond donors (Lipinski definition) is 1. The van der Waals surface area contributed by atoms with Gasteiger partial charge in [0.2, 0.25) is 10.0 Å². The molecule has 0 radical (unpaired) electrons. The van der Waals surface area contributed by atoms with Crippen LogP contribution in [0.3, 0.4) is 0 Å². The van der Waals surface area contributed by atoms with E-state index in [2.05, 4.69) is 0 Å². The van der Waals surface area contributed by atoms with Gasteiger partial charge < -0.3 is 5.11 Å². The number of halogens is 1. The third-order valence-electron chi connectivity index (χ3n) is 2.58. The Hall–Kier alpha value is -1.27. The topological polar surface area (TPSA) is 74.7 Å². The molecule has 1 rings (SSSR count). The zero-order chi connectivity index (χ0) is 14.6. The van der Waals surface area contributed by atoms with Crippen molar-refractivity contribution < 1.29 is 18.3 Å². The number of benzene rings is 1. The van der Waals surface area contributed by atoms with Gasteiger partial charge in [-0.15, -0.1) is 0 Å². The molecule has 0 amide bonds. The van der Waals surface area contributed by atoms with Gasteiger partial charge in [-0.3, -0.25) is 4.31 Å². The maximum absolute atomic E-state index is 11.9. The number of nitrogens with zero attached hydrogens (tertiary/aromatic N) is 1. The van der Waals surface area contributed by atoms with Crippen LogP contribution in [0.5, 0.6) is 0 Å². The molecular weight excluding hydrogens is 290 g/mol.